The molecular formula is C14H13N. The second-order valence-corrected chi connectivity index (χ2v) is 4.12. The summed E-state index contributed by atoms with van der Waals surface area (Å²) >= 11 is 0. The summed E-state index contributed by atoms with van der Waals surface area (Å²) in [4.78, 5) is 4.66. The first-order chi connectivity index (χ1) is 7.34. The number of fused-ring (bicyclic) bond motifs is 3. The minimum Gasteiger partial charge on any atom is -0.253 e. The van der Waals surface area contributed by atoms with Gasteiger partial charge in [0.05, 0.1) is 5.69 Å². The lowest BCUT2D eigenvalue weighted by Crippen LogP contribution is -2.05. The first-order valence-electron chi connectivity index (χ1n) is 5.39. The van der Waals surface area contributed by atoms with Crippen molar-refractivity contribution in [1.82, 2.24) is 4.98 Å². The summed E-state index contributed by atoms with van der Waals surface area (Å²) in [6.45, 7) is 2.05. The maximum atomic E-state index is 4.66. The Bertz CT molecular complexity index is 514. The van der Waals surface area contributed by atoms with Gasteiger partial charge in [0.15, 0.2) is 0 Å². The maximum Gasteiger partial charge on any atom is 0.0739 e. The molecule has 0 N–H and O–H groups in total. The number of hydrogen-bond donors (Lipinski definition) is 0. The summed E-state index contributed by atoms with van der Waals surface area (Å²) in [5.41, 5.74) is 6.44. The third-order valence-corrected chi connectivity index (χ3v) is 3.05. The molecule has 0 radical (unpaired) electrons. The fourth-order valence-electron chi connectivity index (χ4n) is 2.26. The van der Waals surface area contributed by atoms with Gasteiger partial charge in [-0.25, -0.2) is 0 Å². The molecule has 0 saturated carbocycles. The van der Waals surface area contributed by atoms with Crippen LogP contribution in [0.1, 0.15) is 16.8 Å². The summed E-state index contributed by atoms with van der Waals surface area (Å²) in [5.74, 6) is 0. The molecular weight excluding hydrogens is 182 g/mol. The highest BCUT2D eigenvalue weighted by atomic mass is 14.7. The quantitative estimate of drug-likeness (QED) is 0.629. The maximum absolute atomic E-state index is 4.66. The molecule has 15 heavy (non-hydrogen) atoms. The topological polar surface area (TPSA) is 12.9 Å². The summed E-state index contributed by atoms with van der Waals surface area (Å²) in [6.07, 6.45) is 2.27. The molecule has 0 spiro atoms. The van der Waals surface area contributed by atoms with Gasteiger partial charge in [-0.1, -0.05) is 30.3 Å². The molecule has 1 nitrogen and oxygen atoms in total. The number of pyridine rings is 1. The van der Waals surface area contributed by atoms with Crippen LogP contribution in [0, 0.1) is 6.92 Å². The van der Waals surface area contributed by atoms with Crippen LogP contribution in [0.4, 0.5) is 0 Å². The summed E-state index contributed by atoms with van der Waals surface area (Å²) < 4.78 is 0. The van der Waals surface area contributed by atoms with E-state index >= 15 is 0 Å². The van der Waals surface area contributed by atoms with E-state index in [2.05, 4.69) is 48.3 Å². The monoisotopic (exact) mass is 195 g/mol. The molecule has 1 aliphatic rings. The lowest BCUT2D eigenvalue weighted by molar-refractivity contribution is 0.922. The first kappa shape index (κ1) is 8.66. The van der Waals surface area contributed by atoms with Crippen LogP contribution in [0.3, 0.4) is 0 Å². The molecule has 0 aliphatic heterocycles. The van der Waals surface area contributed by atoms with Crippen molar-refractivity contribution in [2.75, 3.05) is 0 Å². The van der Waals surface area contributed by atoms with E-state index in [1.807, 2.05) is 0 Å². The van der Waals surface area contributed by atoms with Crippen molar-refractivity contribution in [3.05, 3.63) is 53.2 Å². The molecule has 1 aromatic heterocycles. The zero-order valence-corrected chi connectivity index (χ0v) is 8.83. The molecule has 0 fully saturated rings. The molecule has 74 valence electrons. The van der Waals surface area contributed by atoms with E-state index in [9.17, 15) is 0 Å². The predicted octanol–water partition coefficient (Wildman–Crippen LogP) is 3.16. The average molecular weight is 195 g/mol. The molecule has 0 unspecified atom stereocenters. The highest BCUT2D eigenvalue weighted by molar-refractivity contribution is 5.69. The second-order valence-electron chi connectivity index (χ2n) is 4.12. The molecule has 2 aromatic rings. The Kier molecular flexibility index (Phi) is 1.84. The zero-order chi connectivity index (χ0) is 10.3. The Morgan fingerprint density at radius 1 is 0.933 bits per heavy atom. The summed E-state index contributed by atoms with van der Waals surface area (Å²) in [7, 11) is 0. The molecule has 3 rings (SSSR count). The van der Waals surface area contributed by atoms with Crippen molar-refractivity contribution in [3.8, 4) is 11.3 Å². The standard InChI is InChI=1S/C14H13N/c1-10-6-7-12-9-8-11-4-2-3-5-13(11)14(12)15-10/h2-7H,8-9H2,1H3. The minimum atomic E-state index is 1.10. The predicted molar refractivity (Wildman–Crippen MR) is 61.8 cm³/mol. The van der Waals surface area contributed by atoms with Crippen molar-refractivity contribution in [1.29, 1.82) is 0 Å². The molecule has 0 atom stereocenters. The Hall–Kier alpha value is -1.63. The van der Waals surface area contributed by atoms with Crippen LogP contribution in [0.2, 0.25) is 0 Å². The van der Waals surface area contributed by atoms with Gasteiger partial charge < -0.3 is 0 Å². The Morgan fingerprint density at radius 3 is 2.67 bits per heavy atom. The van der Waals surface area contributed by atoms with Crippen molar-refractivity contribution >= 4 is 0 Å². The average Bonchev–Trinajstić information content (AvgIpc) is 2.29. The molecule has 0 amide bonds. The van der Waals surface area contributed by atoms with Crippen molar-refractivity contribution in [2.45, 2.75) is 19.8 Å². The van der Waals surface area contributed by atoms with Gasteiger partial charge in [0.25, 0.3) is 0 Å². The van der Waals surface area contributed by atoms with Crippen LogP contribution in [0.25, 0.3) is 11.3 Å². The Balaban J connectivity index is 2.28. The Labute approximate surface area is 89.8 Å². The smallest absolute Gasteiger partial charge is 0.0739 e. The number of aromatic nitrogens is 1. The number of rotatable bonds is 0. The van der Waals surface area contributed by atoms with Gasteiger partial charge in [0.2, 0.25) is 0 Å². The second kappa shape index (κ2) is 3.20. The highest BCUT2D eigenvalue weighted by Crippen LogP contribution is 2.31. The lowest BCUT2D eigenvalue weighted by atomic mass is 9.89. The van der Waals surface area contributed by atoms with Crippen molar-refractivity contribution in [2.24, 2.45) is 0 Å². The fraction of sp³-hybridized carbons (Fsp3) is 0.214. The Morgan fingerprint density at radius 2 is 1.73 bits per heavy atom. The third-order valence-electron chi connectivity index (χ3n) is 3.05. The van der Waals surface area contributed by atoms with E-state index in [4.69, 9.17) is 0 Å². The van der Waals surface area contributed by atoms with Gasteiger partial charge in [-0.05, 0) is 37.0 Å². The molecule has 1 aliphatic carbocycles. The van der Waals surface area contributed by atoms with Crippen LogP contribution in [0.15, 0.2) is 36.4 Å². The highest BCUT2D eigenvalue weighted by Gasteiger charge is 2.16. The number of benzene rings is 1. The fourth-order valence-corrected chi connectivity index (χ4v) is 2.26. The zero-order valence-electron chi connectivity index (χ0n) is 8.83. The van der Waals surface area contributed by atoms with E-state index in [0.29, 0.717) is 0 Å². The molecule has 1 heterocycles. The van der Waals surface area contributed by atoms with Crippen LogP contribution in [-0.4, -0.2) is 4.98 Å². The van der Waals surface area contributed by atoms with E-state index in [0.717, 1.165) is 18.5 Å². The summed E-state index contributed by atoms with van der Waals surface area (Å²) in [6, 6.07) is 12.9. The van der Waals surface area contributed by atoms with Gasteiger partial charge in [0, 0.05) is 11.3 Å². The lowest BCUT2D eigenvalue weighted by Gasteiger charge is -2.18. The van der Waals surface area contributed by atoms with Gasteiger partial charge >= 0.3 is 0 Å². The third kappa shape index (κ3) is 1.35. The van der Waals surface area contributed by atoms with Crippen LogP contribution >= 0.6 is 0 Å². The van der Waals surface area contributed by atoms with E-state index in [1.54, 1.807) is 0 Å². The molecule has 0 bridgehead atoms. The molecule has 0 saturated heterocycles. The van der Waals surface area contributed by atoms with Gasteiger partial charge in [-0.3, -0.25) is 4.98 Å². The van der Waals surface area contributed by atoms with E-state index in [1.165, 1.54) is 22.4 Å². The normalized spacial score (nSPS) is 13.1. The molecule has 1 aromatic carbocycles. The minimum absolute atomic E-state index is 1.10. The number of hydrogen-bond acceptors (Lipinski definition) is 1. The van der Waals surface area contributed by atoms with Crippen molar-refractivity contribution < 1.29 is 0 Å². The first-order valence-corrected chi connectivity index (χ1v) is 5.39. The number of nitrogens with zero attached hydrogens (tertiary/aromatic N) is 1. The van der Waals surface area contributed by atoms with E-state index < -0.39 is 0 Å². The largest absolute Gasteiger partial charge is 0.253 e. The van der Waals surface area contributed by atoms with Gasteiger partial charge in [0.1, 0.15) is 0 Å². The SMILES string of the molecule is Cc1ccc2c(n1)-c1ccccc1CC2. The summed E-state index contributed by atoms with van der Waals surface area (Å²) in [5, 5.41) is 0. The van der Waals surface area contributed by atoms with Crippen LogP contribution in [0.5, 0.6) is 0 Å². The van der Waals surface area contributed by atoms with Crippen LogP contribution < -0.4 is 0 Å². The number of aryl methyl sites for hydroxylation is 3. The van der Waals surface area contributed by atoms with Crippen molar-refractivity contribution in [3.63, 3.8) is 0 Å². The van der Waals surface area contributed by atoms with E-state index in [-0.39, 0.29) is 0 Å². The van der Waals surface area contributed by atoms with Gasteiger partial charge in [-0.15, -0.1) is 0 Å². The molecule has 1 heteroatoms. The van der Waals surface area contributed by atoms with Crippen LogP contribution in [-0.2, 0) is 12.8 Å². The van der Waals surface area contributed by atoms with Gasteiger partial charge in [-0.2, -0.15) is 0 Å².